The van der Waals surface area contributed by atoms with Gasteiger partial charge in [-0.15, -0.1) is 0 Å². The van der Waals surface area contributed by atoms with Gasteiger partial charge >= 0.3 is 6.03 Å². The van der Waals surface area contributed by atoms with Gasteiger partial charge in [0.05, 0.1) is 20.8 Å². The molecule has 0 aromatic heterocycles. The predicted octanol–water partition coefficient (Wildman–Crippen LogP) is 1.86. The average Bonchev–Trinajstić information content (AvgIpc) is 2.91. The van der Waals surface area contributed by atoms with Crippen LogP contribution in [0.15, 0.2) is 42.5 Å². The lowest BCUT2D eigenvalue weighted by Gasteiger charge is -2.22. The largest absolute Gasteiger partial charge is 0.493 e. The van der Waals surface area contributed by atoms with E-state index < -0.39 is 17.5 Å². The summed E-state index contributed by atoms with van der Waals surface area (Å²) in [5.41, 5.74) is 6.06. The summed E-state index contributed by atoms with van der Waals surface area (Å²) in [5, 5.41) is 2.79. The Morgan fingerprint density at radius 2 is 1.66 bits per heavy atom. The maximum absolute atomic E-state index is 13.0. The van der Waals surface area contributed by atoms with Crippen molar-refractivity contribution in [2.45, 2.75) is 25.4 Å². The standard InChI is InChI=1S/C21H23N3O5/c1-21(11-14-6-9-16(28-2)17(10-14)29-3)19(26)24(20(27)23-21)12-13-4-7-15(8-5-13)18(22)25/h4-10H,11-12H2,1-3H3,(H2,22,25)(H,23,27)/t21-/m0/s1. The molecule has 4 amide bonds. The van der Waals surface area contributed by atoms with Crippen LogP contribution < -0.4 is 20.5 Å². The molecule has 1 heterocycles. The van der Waals surface area contributed by atoms with Crippen molar-refractivity contribution in [3.63, 3.8) is 0 Å². The van der Waals surface area contributed by atoms with Gasteiger partial charge in [-0.3, -0.25) is 14.5 Å². The molecular weight excluding hydrogens is 374 g/mol. The highest BCUT2D eigenvalue weighted by Gasteiger charge is 2.47. The first-order chi connectivity index (χ1) is 13.8. The average molecular weight is 397 g/mol. The molecule has 0 aliphatic carbocycles. The van der Waals surface area contributed by atoms with Crippen molar-refractivity contribution in [2.75, 3.05) is 14.2 Å². The first-order valence-electron chi connectivity index (χ1n) is 9.01. The summed E-state index contributed by atoms with van der Waals surface area (Å²) < 4.78 is 10.5. The molecule has 29 heavy (non-hydrogen) atoms. The van der Waals surface area contributed by atoms with Gasteiger partial charge in [-0.25, -0.2) is 4.79 Å². The monoisotopic (exact) mass is 397 g/mol. The minimum absolute atomic E-state index is 0.102. The van der Waals surface area contributed by atoms with Crippen LogP contribution in [0.3, 0.4) is 0 Å². The van der Waals surface area contributed by atoms with Gasteiger partial charge in [-0.2, -0.15) is 0 Å². The number of primary amides is 1. The molecule has 0 spiro atoms. The third-order valence-electron chi connectivity index (χ3n) is 4.93. The zero-order valence-corrected chi connectivity index (χ0v) is 16.5. The molecule has 1 aliphatic rings. The molecule has 8 heteroatoms. The summed E-state index contributed by atoms with van der Waals surface area (Å²) in [5.74, 6) is 0.284. The van der Waals surface area contributed by atoms with Crippen molar-refractivity contribution >= 4 is 17.8 Å². The molecular formula is C21H23N3O5. The number of amides is 4. The molecule has 3 rings (SSSR count). The van der Waals surface area contributed by atoms with Gasteiger partial charge in [0.1, 0.15) is 5.54 Å². The zero-order valence-electron chi connectivity index (χ0n) is 16.5. The first kappa shape index (κ1) is 20.2. The van der Waals surface area contributed by atoms with E-state index in [1.54, 1.807) is 50.4 Å². The van der Waals surface area contributed by atoms with Crippen LogP contribution in [-0.4, -0.2) is 42.5 Å². The Kier molecular flexibility index (Phi) is 5.45. The van der Waals surface area contributed by atoms with Crippen molar-refractivity contribution in [2.24, 2.45) is 5.73 Å². The van der Waals surface area contributed by atoms with E-state index in [-0.39, 0.29) is 12.5 Å². The second-order valence-corrected chi connectivity index (χ2v) is 7.08. The topological polar surface area (TPSA) is 111 Å². The van der Waals surface area contributed by atoms with E-state index >= 15 is 0 Å². The summed E-state index contributed by atoms with van der Waals surface area (Å²) in [4.78, 5) is 37.8. The summed E-state index contributed by atoms with van der Waals surface area (Å²) in [6, 6.07) is 11.4. The summed E-state index contributed by atoms with van der Waals surface area (Å²) in [6.45, 7) is 1.80. The molecule has 0 bridgehead atoms. The number of methoxy groups -OCH3 is 2. The van der Waals surface area contributed by atoms with Crippen LogP contribution in [0.1, 0.15) is 28.4 Å². The van der Waals surface area contributed by atoms with E-state index in [2.05, 4.69) is 5.32 Å². The van der Waals surface area contributed by atoms with Crippen LogP contribution in [0.2, 0.25) is 0 Å². The Morgan fingerprint density at radius 1 is 1.03 bits per heavy atom. The zero-order chi connectivity index (χ0) is 21.2. The van der Waals surface area contributed by atoms with Gasteiger partial charge in [0.2, 0.25) is 5.91 Å². The molecule has 1 saturated heterocycles. The number of hydrogen-bond donors (Lipinski definition) is 2. The lowest BCUT2D eigenvalue weighted by atomic mass is 9.92. The highest BCUT2D eigenvalue weighted by atomic mass is 16.5. The molecule has 3 N–H and O–H groups in total. The molecule has 0 saturated carbocycles. The van der Waals surface area contributed by atoms with Crippen molar-refractivity contribution in [3.8, 4) is 11.5 Å². The van der Waals surface area contributed by atoms with Gasteiger partial charge < -0.3 is 20.5 Å². The van der Waals surface area contributed by atoms with Crippen molar-refractivity contribution in [3.05, 3.63) is 59.2 Å². The SMILES string of the molecule is COc1ccc(C[C@]2(C)NC(=O)N(Cc3ccc(C(N)=O)cc3)C2=O)cc1OC. The molecule has 1 fully saturated rings. The maximum Gasteiger partial charge on any atom is 0.325 e. The smallest absolute Gasteiger partial charge is 0.325 e. The van der Waals surface area contributed by atoms with Crippen LogP contribution in [0.5, 0.6) is 11.5 Å². The number of ether oxygens (including phenoxy) is 2. The number of carbonyl (C=O) groups is 3. The lowest BCUT2D eigenvalue weighted by Crippen LogP contribution is -2.45. The summed E-state index contributed by atoms with van der Waals surface area (Å²) in [6.07, 6.45) is 0.301. The van der Waals surface area contributed by atoms with Gasteiger partial charge in [0.25, 0.3) is 5.91 Å². The van der Waals surface area contributed by atoms with E-state index in [0.29, 0.717) is 29.0 Å². The van der Waals surface area contributed by atoms with Crippen LogP contribution in [-0.2, 0) is 17.8 Å². The van der Waals surface area contributed by atoms with Gasteiger partial charge in [0, 0.05) is 12.0 Å². The fourth-order valence-electron chi connectivity index (χ4n) is 3.37. The van der Waals surface area contributed by atoms with E-state index in [9.17, 15) is 14.4 Å². The molecule has 0 radical (unpaired) electrons. The van der Waals surface area contributed by atoms with Crippen molar-refractivity contribution < 1.29 is 23.9 Å². The minimum atomic E-state index is -1.08. The number of nitrogens with two attached hydrogens (primary N) is 1. The molecule has 0 unspecified atom stereocenters. The number of urea groups is 1. The Balaban J connectivity index is 1.77. The van der Waals surface area contributed by atoms with Crippen LogP contribution in [0.4, 0.5) is 4.79 Å². The number of imide groups is 1. The van der Waals surface area contributed by atoms with E-state index in [1.165, 1.54) is 12.0 Å². The molecule has 152 valence electrons. The van der Waals surface area contributed by atoms with E-state index in [0.717, 1.165) is 5.56 Å². The Morgan fingerprint density at radius 3 is 2.24 bits per heavy atom. The highest BCUT2D eigenvalue weighted by Crippen LogP contribution is 2.31. The quantitative estimate of drug-likeness (QED) is 0.693. The summed E-state index contributed by atoms with van der Waals surface area (Å²) >= 11 is 0. The molecule has 1 atom stereocenters. The Bertz CT molecular complexity index is 957. The maximum atomic E-state index is 13.0. The third kappa shape index (κ3) is 4.01. The number of carbonyl (C=O) groups excluding carboxylic acids is 3. The number of nitrogens with zero attached hydrogens (tertiary/aromatic N) is 1. The predicted molar refractivity (Wildman–Crippen MR) is 106 cm³/mol. The Hall–Kier alpha value is -3.55. The van der Waals surface area contributed by atoms with Crippen molar-refractivity contribution in [1.82, 2.24) is 10.2 Å². The second kappa shape index (κ2) is 7.83. The lowest BCUT2D eigenvalue weighted by molar-refractivity contribution is -0.131. The third-order valence-corrected chi connectivity index (χ3v) is 4.93. The highest BCUT2D eigenvalue weighted by molar-refractivity contribution is 6.06. The molecule has 2 aromatic carbocycles. The van der Waals surface area contributed by atoms with Gasteiger partial charge in [-0.05, 0) is 42.3 Å². The fraction of sp³-hybridized carbons (Fsp3) is 0.286. The molecule has 2 aromatic rings. The number of hydrogen-bond acceptors (Lipinski definition) is 5. The second-order valence-electron chi connectivity index (χ2n) is 7.08. The van der Waals surface area contributed by atoms with Crippen LogP contribution >= 0.6 is 0 Å². The number of rotatable bonds is 7. The number of benzene rings is 2. The normalized spacial score (nSPS) is 18.5. The van der Waals surface area contributed by atoms with Crippen molar-refractivity contribution in [1.29, 1.82) is 0 Å². The minimum Gasteiger partial charge on any atom is -0.493 e. The summed E-state index contributed by atoms with van der Waals surface area (Å²) in [7, 11) is 3.09. The van der Waals surface area contributed by atoms with Gasteiger partial charge in [-0.1, -0.05) is 18.2 Å². The van der Waals surface area contributed by atoms with Gasteiger partial charge in [0.15, 0.2) is 11.5 Å². The fourth-order valence-corrected chi connectivity index (χ4v) is 3.37. The Labute approximate surface area is 168 Å². The van der Waals surface area contributed by atoms with E-state index in [1.807, 2.05) is 6.07 Å². The van der Waals surface area contributed by atoms with Crippen LogP contribution in [0, 0.1) is 0 Å². The van der Waals surface area contributed by atoms with E-state index in [4.69, 9.17) is 15.2 Å². The van der Waals surface area contributed by atoms with Crippen LogP contribution in [0.25, 0.3) is 0 Å². The number of nitrogens with one attached hydrogen (secondary N) is 1. The first-order valence-corrected chi connectivity index (χ1v) is 9.01. The molecule has 1 aliphatic heterocycles. The molecule has 8 nitrogen and oxygen atoms in total.